The molecule has 82 heavy (non-hydrogen) atoms. The Morgan fingerprint density at radius 3 is 1.91 bits per heavy atom. The van der Waals surface area contributed by atoms with E-state index in [1.807, 2.05) is 0 Å². The Labute approximate surface area is 477 Å². The predicted octanol–water partition coefficient (Wildman–Crippen LogP) is 1.35. The van der Waals surface area contributed by atoms with Gasteiger partial charge in [0, 0.05) is 20.6 Å². The Balaban J connectivity index is 1.65. The molecule has 26 heteroatoms. The summed E-state index contributed by atoms with van der Waals surface area (Å²) in [5, 5.41) is 44.7. The molecule has 3 aromatic carbocycles. The number of cyclic esters (lactones) is 1. The first-order valence-electron chi connectivity index (χ1n) is 27.1. The average molecular weight is 1170 g/mol. The summed E-state index contributed by atoms with van der Waals surface area (Å²) in [6.07, 6.45) is -4.90. The van der Waals surface area contributed by atoms with Crippen LogP contribution in [0.4, 0.5) is 0 Å². The molecule has 5 rings (SSSR count). The van der Waals surface area contributed by atoms with Gasteiger partial charge in [-0.2, -0.15) is 8.42 Å². The lowest BCUT2D eigenvalue weighted by molar-refractivity contribution is -0.168. The van der Waals surface area contributed by atoms with Crippen molar-refractivity contribution < 1.29 is 85.0 Å². The van der Waals surface area contributed by atoms with Gasteiger partial charge in [-0.15, -0.1) is 0 Å². The third-order valence-electron chi connectivity index (χ3n) is 15.0. The smallest absolute Gasteiger partial charge is 0.397 e. The molecule has 2 saturated heterocycles. The van der Waals surface area contributed by atoms with Crippen molar-refractivity contribution in [3.63, 3.8) is 0 Å². The molecule has 3 aromatic rings. The minimum Gasteiger partial charge on any atom is -0.508 e. The van der Waals surface area contributed by atoms with Crippen LogP contribution in [-0.2, 0) is 81.7 Å². The molecule has 0 radical (unpaired) electrons. The summed E-state index contributed by atoms with van der Waals surface area (Å²) >= 11 is 0. The van der Waals surface area contributed by atoms with Gasteiger partial charge in [0.25, 0.3) is 5.91 Å². The molecule has 2 heterocycles. The lowest BCUT2D eigenvalue weighted by atomic mass is 9.91. The molecule has 2 aliphatic rings. The number of aliphatic hydroxyl groups is 1. The van der Waals surface area contributed by atoms with Gasteiger partial charge in [0.15, 0.2) is 6.10 Å². The number of piperidine rings is 1. The monoisotopic (exact) mass is 1170 g/mol. The third kappa shape index (κ3) is 18.1. The third-order valence-corrected chi connectivity index (χ3v) is 15.4. The highest BCUT2D eigenvalue weighted by Gasteiger charge is 2.47. The van der Waals surface area contributed by atoms with E-state index in [1.165, 1.54) is 45.3 Å². The number of phenols is 2. The Kier molecular flexibility index (Phi) is 24.0. The maximum atomic E-state index is 15.1. The Morgan fingerprint density at radius 2 is 1.35 bits per heavy atom. The topological polar surface area (TPSA) is 355 Å². The quantitative estimate of drug-likeness (QED) is 0.0537. The molecule has 2 aliphatic heterocycles. The molecule has 0 unspecified atom stereocenters. The molecular formula is C56H77N7O18S. The van der Waals surface area contributed by atoms with E-state index in [0.29, 0.717) is 28.9 Å². The van der Waals surface area contributed by atoms with Crippen LogP contribution in [0.2, 0.25) is 0 Å². The summed E-state index contributed by atoms with van der Waals surface area (Å²) in [7, 11) is -1.18. The largest absolute Gasteiger partial charge is 0.508 e. The van der Waals surface area contributed by atoms with E-state index in [4.69, 9.17) is 14.2 Å². The lowest BCUT2D eigenvalue weighted by Crippen LogP contribution is -2.66. The van der Waals surface area contributed by atoms with Crippen LogP contribution in [0.5, 0.6) is 17.2 Å². The number of carbonyl (C=O) groups excluding carboxylic acids is 8. The van der Waals surface area contributed by atoms with E-state index in [-0.39, 0.29) is 62.9 Å². The lowest BCUT2D eigenvalue weighted by Gasteiger charge is -2.44. The highest BCUT2D eigenvalue weighted by atomic mass is 32.3. The van der Waals surface area contributed by atoms with Gasteiger partial charge >= 0.3 is 16.4 Å². The van der Waals surface area contributed by atoms with Crippen LogP contribution in [-0.4, -0.2) is 174 Å². The predicted molar refractivity (Wildman–Crippen MR) is 294 cm³/mol. The van der Waals surface area contributed by atoms with Crippen molar-refractivity contribution in [1.82, 2.24) is 36.4 Å². The molecule has 9 N–H and O–H groups in total. The number of benzene rings is 3. The van der Waals surface area contributed by atoms with Gasteiger partial charge < -0.3 is 65.9 Å². The number of nitrogens with zero attached hydrogens (tertiary/aromatic N) is 2. The Bertz CT molecular complexity index is 2810. The molecule has 0 aromatic heterocycles. The van der Waals surface area contributed by atoms with Crippen LogP contribution < -0.4 is 31.3 Å². The number of ether oxygens (including phenoxy) is 3. The van der Waals surface area contributed by atoms with E-state index in [1.54, 1.807) is 76.2 Å². The number of nitrogens with one attached hydrogen (secondary N) is 5. The number of hydrogen-bond acceptors (Lipinski definition) is 17. The van der Waals surface area contributed by atoms with Crippen LogP contribution in [0.25, 0.3) is 0 Å². The number of esters is 1. The molecule has 0 spiro atoms. The van der Waals surface area contributed by atoms with Gasteiger partial charge in [-0.3, -0.25) is 38.1 Å². The maximum absolute atomic E-state index is 15.1. The number of phenolic OH excluding ortho intramolecular Hbond substituents is 2. The number of methoxy groups -OCH3 is 2. The second kappa shape index (κ2) is 30.1. The minimum absolute atomic E-state index is 0.0434. The van der Waals surface area contributed by atoms with Crippen LogP contribution in [0.1, 0.15) is 89.8 Å². The number of aryl methyl sites for hydroxylation is 2. The van der Waals surface area contributed by atoms with Gasteiger partial charge in [-0.05, 0) is 110 Å². The molecule has 0 saturated carbocycles. The van der Waals surface area contributed by atoms with Crippen molar-refractivity contribution in [2.24, 2.45) is 11.8 Å². The number of likely N-dealkylation sites (N-methyl/N-ethyl adjacent to an activating group) is 1. The zero-order valence-electron chi connectivity index (χ0n) is 47.2. The van der Waals surface area contributed by atoms with Gasteiger partial charge in [-0.25, -0.2) is 8.98 Å². The second-order valence-electron chi connectivity index (χ2n) is 20.7. The van der Waals surface area contributed by atoms with Crippen molar-refractivity contribution in [3.8, 4) is 17.2 Å². The fourth-order valence-corrected chi connectivity index (χ4v) is 9.84. The number of aliphatic hydroxyl groups excluding tert-OH is 1. The standard InChI is InChI=1S/C56H77N7O18S/c1-9-31(3)46-56(74)81-33(5)47(61-50(68)41(26-18-35-13-21-38(65)22-14-35)57-52(70)44(79-8)30-80-82(75,76)77)53(71)58-40(25-17-34-11-19-37(64)20-12-34)49(67)59-42-27-28-45(66)63(54(42)72)48(32(4)10-2)55(73)62(6)43(51(69)60-46)29-36-15-23-39(78-7)24-16-36/h11-16,19-24,31-33,40-48,64-66H,9-10,17-18,25-30H2,1-8H3,(H,57,70)(H,58,71)(H,59,67)(H,60,69)(H,61,68)(H,75,76,77)/t31-,32+,33+,40-,41-,42-,43-,44-,45+,46-,47-,48-/m0/s1. The van der Waals surface area contributed by atoms with E-state index in [0.717, 1.165) is 16.9 Å². The normalized spacial score (nSPS) is 24.0. The number of amides is 7. The first-order valence-corrected chi connectivity index (χ1v) is 28.5. The maximum Gasteiger partial charge on any atom is 0.397 e. The fraction of sp³-hybridized carbons (Fsp3) is 0.536. The molecule has 12 atom stereocenters. The first-order chi connectivity index (χ1) is 38.8. The Hall–Kier alpha value is -7.39. The number of hydrogen-bond donors (Lipinski definition) is 9. The molecule has 25 nitrogen and oxygen atoms in total. The van der Waals surface area contributed by atoms with Crippen molar-refractivity contribution in [2.75, 3.05) is 27.9 Å². The second-order valence-corrected chi connectivity index (χ2v) is 21.8. The number of rotatable bonds is 21. The van der Waals surface area contributed by atoms with Gasteiger partial charge in [0.05, 0.1) is 7.11 Å². The molecule has 450 valence electrons. The summed E-state index contributed by atoms with van der Waals surface area (Å²) in [6.45, 7) is 7.12. The van der Waals surface area contributed by atoms with Crippen molar-refractivity contribution in [1.29, 1.82) is 0 Å². The highest BCUT2D eigenvalue weighted by molar-refractivity contribution is 7.80. The Morgan fingerprint density at radius 1 is 0.768 bits per heavy atom. The van der Waals surface area contributed by atoms with Crippen molar-refractivity contribution in [2.45, 2.75) is 153 Å². The summed E-state index contributed by atoms with van der Waals surface area (Å²) in [5.74, 6) is -8.55. The van der Waals surface area contributed by atoms with Gasteiger partial charge in [0.1, 0.15) is 78.5 Å². The van der Waals surface area contributed by atoms with Crippen LogP contribution in [0.15, 0.2) is 72.8 Å². The van der Waals surface area contributed by atoms with Crippen LogP contribution in [0.3, 0.4) is 0 Å². The van der Waals surface area contributed by atoms with Gasteiger partial charge in [-0.1, -0.05) is 76.9 Å². The number of fused-ring (bicyclic) bond motifs is 2. The summed E-state index contributed by atoms with van der Waals surface area (Å²) in [6, 6.07) is 7.90. The van der Waals surface area contributed by atoms with E-state index < -0.39 is 137 Å². The summed E-state index contributed by atoms with van der Waals surface area (Å²) in [4.78, 5) is 120. The molecular weight excluding hydrogens is 1090 g/mol. The van der Waals surface area contributed by atoms with E-state index in [9.17, 15) is 57.1 Å². The fourth-order valence-electron chi connectivity index (χ4n) is 9.55. The van der Waals surface area contributed by atoms with E-state index >= 15 is 9.59 Å². The summed E-state index contributed by atoms with van der Waals surface area (Å²) in [5.41, 5.74) is 1.75. The first kappa shape index (κ1) is 65.4. The number of aromatic hydroxyl groups is 2. The molecule has 2 bridgehead atoms. The van der Waals surface area contributed by atoms with Crippen LogP contribution in [0, 0.1) is 11.8 Å². The average Bonchev–Trinajstić information content (AvgIpc) is 3.05. The SMILES string of the molecule is CC[C@@H](C)[C@H]1C(=O)N(C)[C@@H](Cc2ccc(OC)cc2)C(=O)N[C@@H]([C@@H](C)CC)C(=O)O[C@H](C)[C@H](NC(=O)[C@H](CCc2ccc(O)cc2)NC(=O)[C@H](COS(=O)(=O)O)OC)C(=O)N[C@@H](CCc2ccc(O)cc2)C(=O)N[C@H]2CC[C@@H](O)N1C2=O. The molecule has 2 fully saturated rings. The zero-order chi connectivity index (χ0) is 60.6. The molecule has 0 aliphatic carbocycles. The molecule has 7 amide bonds. The van der Waals surface area contributed by atoms with E-state index in [2.05, 4.69) is 30.8 Å². The number of carbonyl (C=O) groups is 8. The van der Waals surface area contributed by atoms with Crippen molar-refractivity contribution in [3.05, 3.63) is 89.5 Å². The van der Waals surface area contributed by atoms with Gasteiger partial charge in [0.2, 0.25) is 35.4 Å². The van der Waals surface area contributed by atoms with Crippen molar-refractivity contribution >= 4 is 57.7 Å². The zero-order valence-corrected chi connectivity index (χ0v) is 48.1. The summed E-state index contributed by atoms with van der Waals surface area (Å²) < 4.78 is 52.9. The minimum atomic E-state index is -5.06. The highest BCUT2D eigenvalue weighted by Crippen LogP contribution is 2.28. The van der Waals surface area contributed by atoms with Crippen LogP contribution >= 0.6 is 0 Å².